The molecule has 1 atom stereocenters. The lowest BCUT2D eigenvalue weighted by Crippen LogP contribution is -2.53. The molecule has 2 aliphatic rings. The fourth-order valence-corrected chi connectivity index (χ4v) is 7.24. The van der Waals surface area contributed by atoms with Gasteiger partial charge in [0, 0.05) is 23.7 Å². The third kappa shape index (κ3) is 7.55. The Kier molecular flexibility index (Phi) is 8.87. The first-order valence-corrected chi connectivity index (χ1v) is 16.5. The smallest absolute Gasteiger partial charge is 0.264 e. The van der Waals surface area contributed by atoms with Crippen molar-refractivity contribution in [1.29, 1.82) is 0 Å². The van der Waals surface area contributed by atoms with Gasteiger partial charge in [-0.05, 0) is 107 Å². The Bertz CT molecular complexity index is 1540. The zero-order chi connectivity index (χ0) is 31.0. The second-order valence-corrected chi connectivity index (χ2v) is 14.8. The van der Waals surface area contributed by atoms with E-state index in [2.05, 4.69) is 19.6 Å². The Morgan fingerprint density at radius 2 is 1.74 bits per heavy atom. The largest absolute Gasteiger partial charge is 0.476 e. The van der Waals surface area contributed by atoms with Crippen molar-refractivity contribution in [3.05, 3.63) is 65.2 Å². The monoisotopic (exact) mass is 608 g/mol. The molecule has 3 aromatic rings. The van der Waals surface area contributed by atoms with Gasteiger partial charge >= 0.3 is 0 Å². The molecule has 0 radical (unpaired) electrons. The number of aromatic nitrogens is 2. The van der Waals surface area contributed by atoms with Gasteiger partial charge in [-0.2, -0.15) is 4.98 Å². The van der Waals surface area contributed by atoms with Crippen molar-refractivity contribution in [1.82, 2.24) is 14.9 Å². The van der Waals surface area contributed by atoms with E-state index in [4.69, 9.17) is 4.74 Å². The quantitative estimate of drug-likeness (QED) is 0.222. The van der Waals surface area contributed by atoms with Crippen LogP contribution in [0, 0.1) is 26.2 Å². The molecule has 0 saturated heterocycles. The third-order valence-electron chi connectivity index (χ3n) is 8.87. The molecule has 0 unspecified atom stereocenters. The summed E-state index contributed by atoms with van der Waals surface area (Å²) in [5, 5.41) is 20.9. The fraction of sp³-hybridized carbons (Fsp3) is 0.515. The van der Waals surface area contributed by atoms with Gasteiger partial charge in [-0.15, -0.1) is 0 Å². The number of benzene rings is 2. The van der Waals surface area contributed by atoms with E-state index in [1.807, 2.05) is 45.0 Å². The summed E-state index contributed by atoms with van der Waals surface area (Å²) in [4.78, 5) is 11.3. The third-order valence-corrected chi connectivity index (χ3v) is 10.2. The number of ether oxygens (including phenoxy) is 1. The maximum Gasteiger partial charge on any atom is 0.264 e. The Hall–Kier alpha value is -3.05. The highest BCUT2D eigenvalue weighted by Gasteiger charge is 2.55. The zero-order valence-electron chi connectivity index (χ0n) is 25.8. The maximum absolute atomic E-state index is 13.3. The van der Waals surface area contributed by atoms with E-state index in [-0.39, 0.29) is 42.1 Å². The van der Waals surface area contributed by atoms with Gasteiger partial charge < -0.3 is 14.9 Å². The number of hydrogen-bond donors (Lipinski definition) is 3. The first-order chi connectivity index (χ1) is 20.3. The second kappa shape index (κ2) is 12.1. The predicted octanol–water partition coefficient (Wildman–Crippen LogP) is 5.36. The molecule has 1 aromatic heterocycles. The van der Waals surface area contributed by atoms with Gasteiger partial charge in [0.05, 0.1) is 22.9 Å². The first-order valence-electron chi connectivity index (χ1n) is 15.0. The number of sulfonamides is 1. The van der Waals surface area contributed by atoms with E-state index in [1.165, 1.54) is 18.9 Å². The van der Waals surface area contributed by atoms with Gasteiger partial charge in [-0.3, -0.25) is 4.90 Å². The average molecular weight is 609 g/mol. The van der Waals surface area contributed by atoms with Gasteiger partial charge in [0.1, 0.15) is 6.61 Å². The van der Waals surface area contributed by atoms with Crippen molar-refractivity contribution in [3.63, 3.8) is 0 Å². The summed E-state index contributed by atoms with van der Waals surface area (Å²) >= 11 is 0. The van der Waals surface area contributed by atoms with Crippen LogP contribution in [-0.2, 0) is 10.0 Å². The first kappa shape index (κ1) is 31.4. The number of nitrogens with zero attached hydrogens (tertiary/aromatic N) is 3. The molecule has 2 fully saturated rings. The highest BCUT2D eigenvalue weighted by molar-refractivity contribution is 7.92. The van der Waals surface area contributed by atoms with E-state index >= 15 is 0 Å². The summed E-state index contributed by atoms with van der Waals surface area (Å²) < 4.78 is 35.5. The summed E-state index contributed by atoms with van der Waals surface area (Å²) in [6, 6.07) is 14.4. The molecule has 5 rings (SSSR count). The topological polar surface area (TPSA) is 125 Å². The molecule has 2 aliphatic carbocycles. The number of rotatable bonds is 13. The standard InChI is InChI=1S/C33H44N4O5S/c1-22-8-6-11-27(16-22)43(40,41)36-31-34-28(30-23(2)9-7-10-24(30)3)17-29(35-31)42-20-25(12-13-32(4,5)39)37(21-38)26-18-33(19-26)14-15-33/h6-11,16-17,25-26,38-39H,12-15,18-21H2,1-5H3,(H,34,35,36)/t25-/m1/s1. The number of anilines is 1. The molecule has 10 heteroatoms. The molecule has 3 N–H and O–H groups in total. The zero-order valence-corrected chi connectivity index (χ0v) is 26.6. The summed E-state index contributed by atoms with van der Waals surface area (Å²) in [7, 11) is -3.96. The predicted molar refractivity (Wildman–Crippen MR) is 167 cm³/mol. The van der Waals surface area contributed by atoms with Crippen LogP contribution >= 0.6 is 0 Å². The van der Waals surface area contributed by atoms with Crippen molar-refractivity contribution in [2.45, 2.75) is 95.7 Å². The number of aliphatic hydroxyl groups excluding tert-OH is 1. The van der Waals surface area contributed by atoms with Crippen LogP contribution in [-0.4, -0.2) is 64.5 Å². The van der Waals surface area contributed by atoms with Crippen LogP contribution in [0.3, 0.4) is 0 Å². The minimum absolute atomic E-state index is 0.0848. The summed E-state index contributed by atoms with van der Waals surface area (Å²) in [6.45, 7) is 9.49. The van der Waals surface area contributed by atoms with Crippen LogP contribution in [0.15, 0.2) is 53.4 Å². The van der Waals surface area contributed by atoms with Crippen molar-refractivity contribution in [3.8, 4) is 17.1 Å². The lowest BCUT2D eigenvalue weighted by atomic mass is 9.75. The van der Waals surface area contributed by atoms with Gasteiger partial charge in [-0.1, -0.05) is 30.3 Å². The molecule has 232 valence electrons. The number of hydrogen-bond acceptors (Lipinski definition) is 8. The van der Waals surface area contributed by atoms with Crippen LogP contribution in [0.2, 0.25) is 0 Å². The van der Waals surface area contributed by atoms with Gasteiger partial charge in [0.15, 0.2) is 0 Å². The molecule has 2 aromatic carbocycles. The normalized spacial score (nSPS) is 17.1. The van der Waals surface area contributed by atoms with E-state index in [0.717, 1.165) is 35.1 Å². The van der Waals surface area contributed by atoms with Crippen molar-refractivity contribution in [2.24, 2.45) is 5.41 Å². The average Bonchev–Trinajstić information content (AvgIpc) is 3.70. The number of aliphatic hydroxyl groups is 2. The Balaban J connectivity index is 1.45. The molecule has 2 saturated carbocycles. The van der Waals surface area contributed by atoms with E-state index in [0.29, 0.717) is 24.0 Å². The molecular weight excluding hydrogens is 564 g/mol. The van der Waals surface area contributed by atoms with E-state index in [1.54, 1.807) is 32.0 Å². The van der Waals surface area contributed by atoms with Crippen LogP contribution in [0.1, 0.15) is 69.1 Å². The van der Waals surface area contributed by atoms with Crippen LogP contribution < -0.4 is 9.46 Å². The highest BCUT2D eigenvalue weighted by atomic mass is 32.2. The van der Waals surface area contributed by atoms with Gasteiger partial charge in [-0.25, -0.2) is 18.1 Å². The molecule has 43 heavy (non-hydrogen) atoms. The molecule has 0 aliphatic heterocycles. The van der Waals surface area contributed by atoms with Crippen molar-refractivity contribution in [2.75, 3.05) is 18.1 Å². The summed E-state index contributed by atoms with van der Waals surface area (Å²) in [5.41, 5.74) is 3.84. The summed E-state index contributed by atoms with van der Waals surface area (Å²) in [6.07, 6.45) is 5.82. The Morgan fingerprint density at radius 1 is 1.07 bits per heavy atom. The number of nitrogens with one attached hydrogen (secondary N) is 1. The second-order valence-electron chi connectivity index (χ2n) is 13.1. The molecule has 0 bridgehead atoms. The molecular formula is C33H44N4O5S. The maximum atomic E-state index is 13.3. The minimum Gasteiger partial charge on any atom is -0.476 e. The van der Waals surface area contributed by atoms with Crippen molar-refractivity contribution < 1.29 is 23.4 Å². The SMILES string of the molecule is Cc1cccc(S(=O)(=O)Nc2nc(OC[C@@H](CCC(C)(C)O)N(CO)C3CC4(CC4)C3)cc(-c3c(C)cccc3C)n2)c1. The van der Waals surface area contributed by atoms with Crippen molar-refractivity contribution >= 4 is 16.0 Å². The van der Waals surface area contributed by atoms with Crippen LogP contribution in [0.4, 0.5) is 5.95 Å². The van der Waals surface area contributed by atoms with Crippen LogP contribution in [0.25, 0.3) is 11.3 Å². The van der Waals surface area contributed by atoms with E-state index in [9.17, 15) is 18.6 Å². The van der Waals surface area contributed by atoms with Gasteiger partial charge in [0.2, 0.25) is 11.8 Å². The van der Waals surface area contributed by atoms with E-state index < -0.39 is 15.6 Å². The lowest BCUT2D eigenvalue weighted by Gasteiger charge is -2.46. The van der Waals surface area contributed by atoms with Crippen LogP contribution in [0.5, 0.6) is 5.88 Å². The molecule has 1 spiro atoms. The van der Waals surface area contributed by atoms with Gasteiger partial charge in [0.25, 0.3) is 10.0 Å². The molecule has 0 amide bonds. The lowest BCUT2D eigenvalue weighted by molar-refractivity contribution is -0.0496. The molecule has 9 nitrogen and oxygen atoms in total. The highest BCUT2D eigenvalue weighted by Crippen LogP contribution is 2.62. The minimum atomic E-state index is -3.96. The fourth-order valence-electron chi connectivity index (χ4n) is 6.19. The molecule has 1 heterocycles. The summed E-state index contributed by atoms with van der Waals surface area (Å²) in [5.74, 6) is 0.145. The number of aryl methyl sites for hydroxylation is 3. The Labute approximate surface area is 255 Å². The Morgan fingerprint density at radius 3 is 2.35 bits per heavy atom.